The van der Waals surface area contributed by atoms with Gasteiger partial charge in [0.1, 0.15) is 6.04 Å². The maximum Gasteiger partial charge on any atom is 0.251 e. The zero-order valence-corrected chi connectivity index (χ0v) is 16.9. The second-order valence-electron chi connectivity index (χ2n) is 8.58. The molecule has 1 aromatic rings. The summed E-state index contributed by atoms with van der Waals surface area (Å²) in [7, 11) is 0. The summed E-state index contributed by atoms with van der Waals surface area (Å²) in [4.78, 5) is 36.7. The first-order valence-electron chi connectivity index (χ1n) is 9.56. The van der Waals surface area contributed by atoms with Crippen LogP contribution in [0.15, 0.2) is 24.3 Å². The van der Waals surface area contributed by atoms with E-state index in [4.69, 9.17) is 0 Å². The van der Waals surface area contributed by atoms with Gasteiger partial charge in [0.2, 0.25) is 11.8 Å². The number of benzene rings is 1. The van der Waals surface area contributed by atoms with Crippen LogP contribution in [0.3, 0.4) is 0 Å². The summed E-state index contributed by atoms with van der Waals surface area (Å²) < 4.78 is 0. The quantitative estimate of drug-likeness (QED) is 0.684. The second kappa shape index (κ2) is 8.55. The van der Waals surface area contributed by atoms with E-state index in [9.17, 15) is 14.4 Å². The Morgan fingerprint density at radius 3 is 2.15 bits per heavy atom. The van der Waals surface area contributed by atoms with Crippen LogP contribution in [0.2, 0.25) is 0 Å². The third kappa shape index (κ3) is 6.38. The number of carbonyl (C=O) groups is 3. The fourth-order valence-corrected chi connectivity index (χ4v) is 2.66. The van der Waals surface area contributed by atoms with Crippen molar-refractivity contribution >= 4 is 17.7 Å². The predicted octanol–water partition coefficient (Wildman–Crippen LogP) is 2.13. The number of carbonyl (C=O) groups excluding carboxylic acids is 3. The lowest BCUT2D eigenvalue weighted by atomic mass is 9.86. The molecule has 1 aromatic carbocycles. The number of hydrogen-bond acceptors (Lipinski definition) is 3. The van der Waals surface area contributed by atoms with Crippen molar-refractivity contribution in [1.29, 1.82) is 0 Å². The Hall–Kier alpha value is -2.37. The summed E-state index contributed by atoms with van der Waals surface area (Å²) in [5.74, 6) is -0.950. The number of rotatable bonds is 7. The highest BCUT2D eigenvalue weighted by molar-refractivity contribution is 5.98. The molecule has 3 amide bonds. The van der Waals surface area contributed by atoms with E-state index < -0.39 is 6.04 Å². The highest BCUT2D eigenvalue weighted by Crippen LogP contribution is 2.22. The summed E-state index contributed by atoms with van der Waals surface area (Å²) in [6.07, 6.45) is 2.00. The Labute approximate surface area is 161 Å². The van der Waals surface area contributed by atoms with E-state index >= 15 is 0 Å². The van der Waals surface area contributed by atoms with Gasteiger partial charge in [-0.05, 0) is 41.9 Å². The van der Waals surface area contributed by atoms with Crippen LogP contribution in [0.5, 0.6) is 0 Å². The van der Waals surface area contributed by atoms with Gasteiger partial charge in [0, 0.05) is 11.6 Å². The lowest BCUT2D eigenvalue weighted by Gasteiger charge is -2.22. The van der Waals surface area contributed by atoms with Crippen LogP contribution in [0, 0.1) is 5.92 Å². The maximum atomic E-state index is 12.5. The Balaban J connectivity index is 1.94. The van der Waals surface area contributed by atoms with Gasteiger partial charge in [-0.1, -0.05) is 46.8 Å². The van der Waals surface area contributed by atoms with Crippen LogP contribution < -0.4 is 16.0 Å². The summed E-state index contributed by atoms with van der Waals surface area (Å²) in [6, 6.07) is 6.96. The van der Waals surface area contributed by atoms with Gasteiger partial charge in [0.15, 0.2) is 0 Å². The molecule has 6 nitrogen and oxygen atoms in total. The van der Waals surface area contributed by atoms with Crippen LogP contribution in [-0.4, -0.2) is 36.3 Å². The van der Waals surface area contributed by atoms with Crippen molar-refractivity contribution in [3.63, 3.8) is 0 Å². The molecule has 1 aliphatic rings. The maximum absolute atomic E-state index is 12.5. The summed E-state index contributed by atoms with van der Waals surface area (Å²) in [6.45, 7) is 9.98. The van der Waals surface area contributed by atoms with Crippen molar-refractivity contribution in [2.45, 2.75) is 65.0 Å². The van der Waals surface area contributed by atoms with E-state index in [0.29, 0.717) is 5.56 Å². The van der Waals surface area contributed by atoms with Crippen molar-refractivity contribution in [3.05, 3.63) is 35.4 Å². The minimum absolute atomic E-state index is 0.0103. The average molecular weight is 373 g/mol. The minimum Gasteiger partial charge on any atom is -0.352 e. The third-order valence-electron chi connectivity index (χ3n) is 4.61. The summed E-state index contributed by atoms with van der Waals surface area (Å²) in [5, 5.41) is 8.22. The molecule has 1 fully saturated rings. The molecule has 1 saturated carbocycles. The Bertz CT molecular complexity index is 686. The highest BCUT2D eigenvalue weighted by Gasteiger charge is 2.27. The smallest absolute Gasteiger partial charge is 0.251 e. The van der Waals surface area contributed by atoms with Crippen molar-refractivity contribution in [1.82, 2.24) is 16.0 Å². The molecular weight excluding hydrogens is 342 g/mol. The molecule has 27 heavy (non-hydrogen) atoms. The van der Waals surface area contributed by atoms with Crippen molar-refractivity contribution < 1.29 is 14.4 Å². The van der Waals surface area contributed by atoms with Crippen molar-refractivity contribution in [2.24, 2.45) is 5.92 Å². The molecule has 0 aliphatic heterocycles. The van der Waals surface area contributed by atoms with E-state index in [1.807, 2.05) is 26.0 Å². The molecule has 0 bridgehead atoms. The number of nitrogens with one attached hydrogen (secondary N) is 3. The normalized spacial score (nSPS) is 15.2. The third-order valence-corrected chi connectivity index (χ3v) is 4.61. The first-order valence-corrected chi connectivity index (χ1v) is 9.56. The zero-order valence-electron chi connectivity index (χ0n) is 16.9. The predicted molar refractivity (Wildman–Crippen MR) is 105 cm³/mol. The molecule has 1 unspecified atom stereocenters. The SMILES string of the molecule is CC(C)C(NC(=O)c1ccc(C(C)(C)C)cc1)C(=O)NCC(=O)NC1CC1. The van der Waals surface area contributed by atoms with E-state index in [-0.39, 0.29) is 41.6 Å². The van der Waals surface area contributed by atoms with Crippen LogP contribution in [-0.2, 0) is 15.0 Å². The topological polar surface area (TPSA) is 87.3 Å². The lowest BCUT2D eigenvalue weighted by molar-refractivity contribution is -0.127. The first-order chi connectivity index (χ1) is 12.6. The molecule has 0 radical (unpaired) electrons. The van der Waals surface area contributed by atoms with Crippen molar-refractivity contribution in [2.75, 3.05) is 6.54 Å². The highest BCUT2D eigenvalue weighted by atomic mass is 16.2. The first kappa shape index (κ1) is 20.9. The van der Waals surface area contributed by atoms with Gasteiger partial charge in [-0.25, -0.2) is 0 Å². The van der Waals surface area contributed by atoms with Gasteiger partial charge in [-0.2, -0.15) is 0 Å². The Morgan fingerprint density at radius 1 is 1.07 bits per heavy atom. The molecule has 6 heteroatoms. The van der Waals surface area contributed by atoms with Crippen LogP contribution in [0.25, 0.3) is 0 Å². The van der Waals surface area contributed by atoms with Crippen LogP contribution in [0.1, 0.15) is 63.4 Å². The Morgan fingerprint density at radius 2 is 1.67 bits per heavy atom. The van der Waals surface area contributed by atoms with Gasteiger partial charge >= 0.3 is 0 Å². The monoisotopic (exact) mass is 373 g/mol. The van der Waals surface area contributed by atoms with Crippen molar-refractivity contribution in [3.8, 4) is 0 Å². The van der Waals surface area contributed by atoms with Crippen LogP contribution >= 0.6 is 0 Å². The minimum atomic E-state index is -0.700. The summed E-state index contributed by atoms with van der Waals surface area (Å²) in [5.41, 5.74) is 1.66. The largest absolute Gasteiger partial charge is 0.352 e. The van der Waals surface area contributed by atoms with Crippen LogP contribution in [0.4, 0.5) is 0 Å². The van der Waals surface area contributed by atoms with E-state index in [1.165, 1.54) is 0 Å². The molecule has 0 heterocycles. The van der Waals surface area contributed by atoms with Gasteiger partial charge in [0.25, 0.3) is 5.91 Å². The molecule has 148 valence electrons. The molecule has 3 N–H and O–H groups in total. The van der Waals surface area contributed by atoms with Gasteiger partial charge in [0.05, 0.1) is 6.54 Å². The van der Waals surface area contributed by atoms with Gasteiger partial charge < -0.3 is 16.0 Å². The molecule has 0 aromatic heterocycles. The molecular formula is C21H31N3O3. The zero-order chi connectivity index (χ0) is 20.2. The second-order valence-corrected chi connectivity index (χ2v) is 8.58. The lowest BCUT2D eigenvalue weighted by Crippen LogP contribution is -2.51. The fourth-order valence-electron chi connectivity index (χ4n) is 2.66. The molecule has 1 atom stereocenters. The average Bonchev–Trinajstić information content (AvgIpc) is 3.40. The van der Waals surface area contributed by atoms with Gasteiger partial charge in [-0.15, -0.1) is 0 Å². The molecule has 1 aliphatic carbocycles. The summed E-state index contributed by atoms with van der Waals surface area (Å²) >= 11 is 0. The van der Waals surface area contributed by atoms with E-state index in [0.717, 1.165) is 18.4 Å². The standard InChI is InChI=1S/C21H31N3O3/c1-13(2)18(20(27)22-12-17(25)23-16-10-11-16)24-19(26)14-6-8-15(9-7-14)21(3,4)5/h6-9,13,16,18H,10-12H2,1-5H3,(H,22,27)(H,23,25)(H,24,26). The number of hydrogen-bond donors (Lipinski definition) is 3. The fraction of sp³-hybridized carbons (Fsp3) is 0.571. The molecule has 0 spiro atoms. The molecule has 2 rings (SSSR count). The number of amides is 3. The van der Waals surface area contributed by atoms with Gasteiger partial charge in [-0.3, -0.25) is 14.4 Å². The molecule has 0 saturated heterocycles. The van der Waals surface area contributed by atoms with E-state index in [1.54, 1.807) is 12.1 Å². The Kier molecular flexibility index (Phi) is 6.63. The van der Waals surface area contributed by atoms with E-state index in [2.05, 4.69) is 36.7 Å².